The van der Waals surface area contributed by atoms with Gasteiger partial charge in [0.05, 0.1) is 6.04 Å². The first-order valence-electron chi connectivity index (χ1n) is 7.16. The second-order valence-corrected chi connectivity index (χ2v) is 6.67. The van der Waals surface area contributed by atoms with Gasteiger partial charge in [-0.05, 0) is 29.2 Å². The van der Waals surface area contributed by atoms with Gasteiger partial charge >= 0.3 is 0 Å². The number of thiazole rings is 1. The maximum atomic E-state index is 4.44. The summed E-state index contributed by atoms with van der Waals surface area (Å²) >= 11 is 1.76. The van der Waals surface area contributed by atoms with Crippen molar-refractivity contribution in [2.24, 2.45) is 0 Å². The van der Waals surface area contributed by atoms with Gasteiger partial charge in [-0.15, -0.1) is 11.3 Å². The Balaban J connectivity index is 1.68. The minimum absolute atomic E-state index is 0.265. The van der Waals surface area contributed by atoms with Crippen LogP contribution < -0.4 is 5.32 Å². The number of hydrogen-bond acceptors (Lipinski definition) is 3. The molecule has 2 nitrogen and oxygen atoms in total. The van der Waals surface area contributed by atoms with Gasteiger partial charge in [0.2, 0.25) is 0 Å². The van der Waals surface area contributed by atoms with Crippen LogP contribution in [-0.4, -0.2) is 4.98 Å². The summed E-state index contributed by atoms with van der Waals surface area (Å²) < 4.78 is 0. The van der Waals surface area contributed by atoms with Crippen molar-refractivity contribution in [2.45, 2.75) is 19.5 Å². The van der Waals surface area contributed by atoms with Gasteiger partial charge in [0.1, 0.15) is 5.01 Å². The van der Waals surface area contributed by atoms with E-state index in [1.807, 2.05) is 6.20 Å². The molecule has 0 saturated heterocycles. The van der Waals surface area contributed by atoms with E-state index in [0.717, 1.165) is 11.6 Å². The molecule has 0 radical (unpaired) electrons. The molecule has 4 rings (SSSR count). The molecule has 21 heavy (non-hydrogen) atoms. The lowest BCUT2D eigenvalue weighted by atomic mass is 10.1. The van der Waals surface area contributed by atoms with Crippen LogP contribution in [0.5, 0.6) is 0 Å². The van der Waals surface area contributed by atoms with Gasteiger partial charge in [-0.2, -0.15) is 0 Å². The minimum Gasteiger partial charge on any atom is -0.300 e. The Morgan fingerprint density at radius 2 is 1.62 bits per heavy atom. The second-order valence-electron chi connectivity index (χ2n) is 5.35. The first-order chi connectivity index (χ1) is 10.3. The zero-order valence-electron chi connectivity index (χ0n) is 11.8. The molecule has 0 atom stereocenters. The predicted molar refractivity (Wildman–Crippen MR) is 87.4 cm³/mol. The Morgan fingerprint density at radius 1 is 1.00 bits per heavy atom. The Kier molecular flexibility index (Phi) is 3.09. The first kappa shape index (κ1) is 12.7. The van der Waals surface area contributed by atoms with Crippen LogP contribution in [-0.2, 0) is 6.54 Å². The van der Waals surface area contributed by atoms with Crippen LogP contribution in [0.2, 0.25) is 0 Å². The van der Waals surface area contributed by atoms with Crippen LogP contribution in [0.4, 0.5) is 0 Å². The number of benzene rings is 2. The summed E-state index contributed by atoms with van der Waals surface area (Å²) in [6, 6.07) is 17.6. The van der Waals surface area contributed by atoms with E-state index in [1.54, 1.807) is 11.3 Å². The molecule has 0 unspecified atom stereocenters. The van der Waals surface area contributed by atoms with Crippen molar-refractivity contribution in [3.8, 4) is 11.1 Å². The van der Waals surface area contributed by atoms with Gasteiger partial charge < -0.3 is 0 Å². The molecule has 0 aliphatic heterocycles. The standard InChI is InChI=1S/C18H16N2S/c1-12-10-19-17(21-12)11-20-18-15-8-4-2-6-13(15)14-7-3-5-9-16(14)18/h2-10,18,20H,11H2,1H3. The van der Waals surface area contributed by atoms with Gasteiger partial charge in [-0.3, -0.25) is 5.32 Å². The highest BCUT2D eigenvalue weighted by Gasteiger charge is 2.27. The molecule has 0 bridgehead atoms. The topological polar surface area (TPSA) is 24.9 Å². The summed E-state index contributed by atoms with van der Waals surface area (Å²) in [6.07, 6.45) is 1.94. The number of aromatic nitrogens is 1. The van der Waals surface area contributed by atoms with Crippen molar-refractivity contribution in [3.63, 3.8) is 0 Å². The average Bonchev–Trinajstić information content (AvgIpc) is 3.07. The summed E-state index contributed by atoms with van der Waals surface area (Å²) in [4.78, 5) is 5.71. The molecule has 0 spiro atoms. The maximum absolute atomic E-state index is 4.44. The molecule has 1 aromatic heterocycles. The van der Waals surface area contributed by atoms with E-state index in [0.29, 0.717) is 0 Å². The number of nitrogens with zero attached hydrogens (tertiary/aromatic N) is 1. The van der Waals surface area contributed by atoms with E-state index in [2.05, 4.69) is 65.8 Å². The van der Waals surface area contributed by atoms with Crippen LogP contribution in [0.1, 0.15) is 27.1 Å². The number of aryl methyl sites for hydroxylation is 1. The zero-order chi connectivity index (χ0) is 14.2. The summed E-state index contributed by atoms with van der Waals surface area (Å²) in [7, 11) is 0. The lowest BCUT2D eigenvalue weighted by molar-refractivity contribution is 0.614. The van der Waals surface area contributed by atoms with Crippen LogP contribution in [0, 0.1) is 6.92 Å². The lowest BCUT2D eigenvalue weighted by Crippen LogP contribution is -2.19. The summed E-state index contributed by atoms with van der Waals surface area (Å²) in [5, 5.41) is 4.82. The molecule has 0 amide bonds. The van der Waals surface area contributed by atoms with Crippen LogP contribution in [0.3, 0.4) is 0 Å². The SMILES string of the molecule is Cc1cnc(CNC2c3ccccc3-c3ccccc32)s1. The molecule has 3 aromatic rings. The van der Waals surface area contributed by atoms with Crippen molar-refractivity contribution in [1.29, 1.82) is 0 Å². The van der Waals surface area contributed by atoms with Gasteiger partial charge in [0.15, 0.2) is 0 Å². The zero-order valence-corrected chi connectivity index (χ0v) is 12.7. The van der Waals surface area contributed by atoms with Gasteiger partial charge in [-0.1, -0.05) is 48.5 Å². The largest absolute Gasteiger partial charge is 0.300 e. The van der Waals surface area contributed by atoms with E-state index in [1.165, 1.54) is 27.1 Å². The number of fused-ring (bicyclic) bond motifs is 3. The van der Waals surface area contributed by atoms with Crippen molar-refractivity contribution < 1.29 is 0 Å². The highest BCUT2D eigenvalue weighted by molar-refractivity contribution is 7.11. The Hall–Kier alpha value is -1.97. The smallest absolute Gasteiger partial charge is 0.107 e. The highest BCUT2D eigenvalue weighted by atomic mass is 32.1. The molecule has 2 aromatic carbocycles. The summed E-state index contributed by atoms with van der Waals surface area (Å²) in [5.74, 6) is 0. The van der Waals surface area contributed by atoms with Crippen molar-refractivity contribution >= 4 is 11.3 Å². The van der Waals surface area contributed by atoms with E-state index in [-0.39, 0.29) is 6.04 Å². The third-order valence-corrected chi connectivity index (χ3v) is 4.87. The molecular formula is C18H16N2S. The monoisotopic (exact) mass is 292 g/mol. The molecule has 1 aliphatic carbocycles. The fourth-order valence-electron chi connectivity index (χ4n) is 3.05. The quantitative estimate of drug-likeness (QED) is 0.778. The Morgan fingerprint density at radius 3 is 2.19 bits per heavy atom. The number of nitrogens with one attached hydrogen (secondary N) is 1. The van der Waals surface area contributed by atoms with E-state index in [4.69, 9.17) is 0 Å². The molecule has 1 heterocycles. The van der Waals surface area contributed by atoms with Gasteiger partial charge in [0.25, 0.3) is 0 Å². The predicted octanol–water partition coefficient (Wildman–Crippen LogP) is 4.31. The molecular weight excluding hydrogens is 276 g/mol. The highest BCUT2D eigenvalue weighted by Crippen LogP contribution is 2.43. The second kappa shape index (κ2) is 5.10. The van der Waals surface area contributed by atoms with Crippen molar-refractivity contribution in [2.75, 3.05) is 0 Å². The lowest BCUT2D eigenvalue weighted by Gasteiger charge is -2.14. The maximum Gasteiger partial charge on any atom is 0.107 e. The van der Waals surface area contributed by atoms with Crippen LogP contribution >= 0.6 is 11.3 Å². The van der Waals surface area contributed by atoms with Crippen molar-refractivity contribution in [1.82, 2.24) is 10.3 Å². The van der Waals surface area contributed by atoms with E-state index < -0.39 is 0 Å². The third-order valence-electron chi connectivity index (χ3n) is 3.96. The van der Waals surface area contributed by atoms with Crippen LogP contribution in [0.15, 0.2) is 54.7 Å². The molecule has 104 valence electrons. The fourth-order valence-corrected chi connectivity index (χ4v) is 3.79. The number of hydrogen-bond donors (Lipinski definition) is 1. The normalized spacial score (nSPS) is 13.2. The third kappa shape index (κ3) is 2.19. The van der Waals surface area contributed by atoms with Crippen molar-refractivity contribution in [3.05, 3.63) is 75.7 Å². The molecule has 1 N–H and O–H groups in total. The van der Waals surface area contributed by atoms with E-state index in [9.17, 15) is 0 Å². The average molecular weight is 292 g/mol. The summed E-state index contributed by atoms with van der Waals surface area (Å²) in [5.41, 5.74) is 5.43. The summed E-state index contributed by atoms with van der Waals surface area (Å²) in [6.45, 7) is 2.91. The molecule has 3 heteroatoms. The Bertz CT molecular complexity index is 746. The van der Waals surface area contributed by atoms with Crippen LogP contribution in [0.25, 0.3) is 11.1 Å². The fraction of sp³-hybridized carbons (Fsp3) is 0.167. The molecule has 0 fully saturated rings. The van der Waals surface area contributed by atoms with E-state index >= 15 is 0 Å². The molecule has 1 aliphatic rings. The van der Waals surface area contributed by atoms with Gasteiger partial charge in [-0.25, -0.2) is 4.98 Å². The first-order valence-corrected chi connectivity index (χ1v) is 7.97. The molecule has 0 saturated carbocycles. The number of rotatable bonds is 3. The van der Waals surface area contributed by atoms with Gasteiger partial charge in [0, 0.05) is 17.6 Å². The minimum atomic E-state index is 0.265. The Labute approximate surface area is 128 Å².